The predicted octanol–water partition coefficient (Wildman–Crippen LogP) is 1.16. The molecule has 2 rings (SSSR count). The van der Waals surface area contributed by atoms with Crippen LogP contribution in [0.25, 0.3) is 0 Å². The molecule has 2 N–H and O–H groups in total. The fourth-order valence-electron chi connectivity index (χ4n) is 2.10. The van der Waals surface area contributed by atoms with Crippen LogP contribution in [0.15, 0.2) is 22.7 Å². The molecule has 0 aromatic heterocycles. The molecule has 0 spiro atoms. The third kappa shape index (κ3) is 2.83. The Labute approximate surface area is 104 Å². The number of hydrogen-bond donors (Lipinski definition) is 2. The molecule has 0 fully saturated rings. The number of aliphatic hydroxyl groups excluding tert-OH is 2. The van der Waals surface area contributed by atoms with Gasteiger partial charge in [-0.1, -0.05) is 22.0 Å². The minimum absolute atomic E-state index is 0.165. The maximum atomic E-state index is 9.41. The van der Waals surface area contributed by atoms with Crippen molar-refractivity contribution in [2.45, 2.75) is 19.1 Å². The zero-order valence-electron chi connectivity index (χ0n) is 9.06. The van der Waals surface area contributed by atoms with Crippen molar-refractivity contribution >= 4 is 15.9 Å². The number of β-amino-alcohol motifs (C(OH)–C–C–N with tert-alkyl or cyclic N) is 1. The maximum absolute atomic E-state index is 9.41. The second kappa shape index (κ2) is 5.27. The zero-order chi connectivity index (χ0) is 11.5. The minimum atomic E-state index is -0.631. The average molecular weight is 286 g/mol. The normalized spacial score (nSPS) is 18.2. The SMILES string of the molecule is OCC(O)CN1CCc2ccc(Br)cc2C1. The lowest BCUT2D eigenvalue weighted by atomic mass is 10.00. The van der Waals surface area contributed by atoms with Crippen molar-refractivity contribution in [3.05, 3.63) is 33.8 Å². The first-order valence-corrected chi connectivity index (χ1v) is 6.27. The first-order valence-electron chi connectivity index (χ1n) is 5.47. The molecule has 1 atom stereocenters. The lowest BCUT2D eigenvalue weighted by molar-refractivity contribution is 0.0551. The molecule has 0 bridgehead atoms. The van der Waals surface area contributed by atoms with Crippen LogP contribution in [-0.4, -0.2) is 40.9 Å². The third-order valence-electron chi connectivity index (χ3n) is 2.94. The molecule has 0 aliphatic carbocycles. The largest absolute Gasteiger partial charge is 0.394 e. The summed E-state index contributed by atoms with van der Waals surface area (Å²) in [5.41, 5.74) is 2.70. The second-order valence-electron chi connectivity index (χ2n) is 4.23. The molecular weight excluding hydrogens is 270 g/mol. The topological polar surface area (TPSA) is 43.7 Å². The summed E-state index contributed by atoms with van der Waals surface area (Å²) in [6.07, 6.45) is 0.384. The molecule has 1 aliphatic rings. The zero-order valence-corrected chi connectivity index (χ0v) is 10.7. The molecule has 0 radical (unpaired) electrons. The van der Waals surface area contributed by atoms with Crippen molar-refractivity contribution in [1.82, 2.24) is 4.90 Å². The molecular formula is C12H16BrNO2. The Kier molecular flexibility index (Phi) is 3.97. The van der Waals surface area contributed by atoms with Crippen molar-refractivity contribution in [1.29, 1.82) is 0 Å². The summed E-state index contributed by atoms with van der Waals surface area (Å²) in [4.78, 5) is 2.18. The van der Waals surface area contributed by atoms with Crippen molar-refractivity contribution in [3.63, 3.8) is 0 Å². The minimum Gasteiger partial charge on any atom is -0.394 e. The quantitative estimate of drug-likeness (QED) is 0.876. The monoisotopic (exact) mass is 285 g/mol. The van der Waals surface area contributed by atoms with Gasteiger partial charge in [0.15, 0.2) is 0 Å². The maximum Gasteiger partial charge on any atom is 0.0897 e. The van der Waals surface area contributed by atoms with Crippen LogP contribution in [0.1, 0.15) is 11.1 Å². The molecule has 1 aromatic carbocycles. The highest BCUT2D eigenvalue weighted by molar-refractivity contribution is 9.10. The van der Waals surface area contributed by atoms with Crippen LogP contribution in [0.5, 0.6) is 0 Å². The van der Waals surface area contributed by atoms with E-state index >= 15 is 0 Å². The van der Waals surface area contributed by atoms with Crippen LogP contribution >= 0.6 is 15.9 Å². The Morgan fingerprint density at radius 2 is 2.19 bits per heavy atom. The van der Waals surface area contributed by atoms with Gasteiger partial charge in [-0.05, 0) is 29.7 Å². The lowest BCUT2D eigenvalue weighted by Crippen LogP contribution is -2.37. The van der Waals surface area contributed by atoms with E-state index in [1.807, 2.05) is 0 Å². The van der Waals surface area contributed by atoms with E-state index in [0.29, 0.717) is 6.54 Å². The van der Waals surface area contributed by atoms with Gasteiger partial charge in [-0.2, -0.15) is 0 Å². The van der Waals surface area contributed by atoms with E-state index in [2.05, 4.69) is 39.0 Å². The summed E-state index contributed by atoms with van der Waals surface area (Å²) in [6, 6.07) is 6.35. The van der Waals surface area contributed by atoms with Crippen molar-refractivity contribution in [2.75, 3.05) is 19.7 Å². The smallest absolute Gasteiger partial charge is 0.0897 e. The summed E-state index contributed by atoms with van der Waals surface area (Å²) in [5.74, 6) is 0. The first-order chi connectivity index (χ1) is 7.69. The van der Waals surface area contributed by atoms with E-state index in [0.717, 1.165) is 24.0 Å². The third-order valence-corrected chi connectivity index (χ3v) is 3.43. The van der Waals surface area contributed by atoms with E-state index in [-0.39, 0.29) is 6.61 Å². The number of aliphatic hydroxyl groups is 2. The first kappa shape index (κ1) is 12.0. The molecule has 88 valence electrons. The van der Waals surface area contributed by atoms with Gasteiger partial charge in [0.2, 0.25) is 0 Å². The number of hydrogen-bond acceptors (Lipinski definition) is 3. The standard InChI is InChI=1S/C12H16BrNO2/c13-11-2-1-9-3-4-14(6-10(9)5-11)7-12(16)8-15/h1-2,5,12,15-16H,3-4,6-8H2. The van der Waals surface area contributed by atoms with Gasteiger partial charge in [0.25, 0.3) is 0 Å². The number of nitrogens with zero attached hydrogens (tertiary/aromatic N) is 1. The molecule has 1 aromatic rings. The van der Waals surface area contributed by atoms with Gasteiger partial charge in [-0.15, -0.1) is 0 Å². The van der Waals surface area contributed by atoms with E-state index in [1.54, 1.807) is 0 Å². The molecule has 1 aliphatic heterocycles. The molecule has 0 saturated heterocycles. The highest BCUT2D eigenvalue weighted by Gasteiger charge is 2.18. The van der Waals surface area contributed by atoms with Gasteiger partial charge in [-0.3, -0.25) is 4.90 Å². The lowest BCUT2D eigenvalue weighted by Gasteiger charge is -2.30. The van der Waals surface area contributed by atoms with Crippen LogP contribution < -0.4 is 0 Å². The number of rotatable bonds is 3. The molecule has 4 heteroatoms. The highest BCUT2D eigenvalue weighted by atomic mass is 79.9. The molecule has 1 unspecified atom stereocenters. The fourth-order valence-corrected chi connectivity index (χ4v) is 2.50. The van der Waals surface area contributed by atoms with Gasteiger partial charge in [0.05, 0.1) is 12.7 Å². The Balaban J connectivity index is 2.05. The van der Waals surface area contributed by atoms with Crippen LogP contribution in [0.3, 0.4) is 0 Å². The molecule has 0 amide bonds. The Bertz CT molecular complexity index is 370. The Morgan fingerprint density at radius 3 is 2.94 bits per heavy atom. The molecule has 0 saturated carbocycles. The number of benzene rings is 1. The van der Waals surface area contributed by atoms with Gasteiger partial charge in [0.1, 0.15) is 0 Å². The van der Waals surface area contributed by atoms with Gasteiger partial charge >= 0.3 is 0 Å². The molecule has 16 heavy (non-hydrogen) atoms. The Morgan fingerprint density at radius 1 is 1.38 bits per heavy atom. The summed E-state index contributed by atoms with van der Waals surface area (Å²) >= 11 is 3.47. The van der Waals surface area contributed by atoms with E-state index in [1.165, 1.54) is 11.1 Å². The van der Waals surface area contributed by atoms with Crippen molar-refractivity contribution < 1.29 is 10.2 Å². The van der Waals surface area contributed by atoms with Gasteiger partial charge in [-0.25, -0.2) is 0 Å². The van der Waals surface area contributed by atoms with E-state index in [9.17, 15) is 5.11 Å². The van der Waals surface area contributed by atoms with Crippen molar-refractivity contribution in [3.8, 4) is 0 Å². The van der Waals surface area contributed by atoms with Crippen LogP contribution in [-0.2, 0) is 13.0 Å². The predicted molar refractivity (Wildman–Crippen MR) is 66.2 cm³/mol. The molecule has 3 nitrogen and oxygen atoms in total. The summed E-state index contributed by atoms with van der Waals surface area (Å²) in [5, 5.41) is 18.2. The number of fused-ring (bicyclic) bond motifs is 1. The Hall–Kier alpha value is -0.420. The number of halogens is 1. The summed E-state index contributed by atoms with van der Waals surface area (Å²) in [6.45, 7) is 2.18. The van der Waals surface area contributed by atoms with Crippen LogP contribution in [0.2, 0.25) is 0 Å². The molecule has 1 heterocycles. The fraction of sp³-hybridized carbons (Fsp3) is 0.500. The van der Waals surface area contributed by atoms with Crippen LogP contribution in [0.4, 0.5) is 0 Å². The van der Waals surface area contributed by atoms with Crippen molar-refractivity contribution in [2.24, 2.45) is 0 Å². The summed E-state index contributed by atoms with van der Waals surface area (Å²) in [7, 11) is 0. The van der Waals surface area contributed by atoms with Crippen LogP contribution in [0, 0.1) is 0 Å². The summed E-state index contributed by atoms with van der Waals surface area (Å²) < 4.78 is 1.09. The van der Waals surface area contributed by atoms with E-state index < -0.39 is 6.10 Å². The van der Waals surface area contributed by atoms with E-state index in [4.69, 9.17) is 5.11 Å². The second-order valence-corrected chi connectivity index (χ2v) is 5.15. The average Bonchev–Trinajstić information content (AvgIpc) is 2.28. The van der Waals surface area contributed by atoms with Gasteiger partial charge in [0, 0.05) is 24.1 Å². The highest BCUT2D eigenvalue weighted by Crippen LogP contribution is 2.22. The van der Waals surface area contributed by atoms with Gasteiger partial charge < -0.3 is 10.2 Å².